The molecule has 1 aliphatic rings. The van der Waals surface area contributed by atoms with Crippen LogP contribution < -0.4 is 5.32 Å². The molecule has 4 atom stereocenters. The van der Waals surface area contributed by atoms with Crippen molar-refractivity contribution in [2.75, 3.05) is 13.7 Å². The third-order valence-electron chi connectivity index (χ3n) is 5.73. The van der Waals surface area contributed by atoms with Crippen LogP contribution in [0.25, 0.3) is 0 Å². The zero-order chi connectivity index (χ0) is 30.2. The first-order valence-electron chi connectivity index (χ1n) is 12.8. The maximum Gasteiger partial charge on any atom is 0.342 e. The number of esters is 2. The van der Waals surface area contributed by atoms with Gasteiger partial charge in [-0.1, -0.05) is 41.6 Å². The number of nitrogens with zero attached hydrogens (tertiary/aromatic N) is 1. The van der Waals surface area contributed by atoms with Gasteiger partial charge in [-0.25, -0.2) is 4.79 Å². The summed E-state index contributed by atoms with van der Waals surface area (Å²) in [7, 11) is 1.37. The molecule has 4 N–H and O–H groups in total. The number of rotatable bonds is 8. The molecule has 1 aliphatic heterocycles. The minimum absolute atomic E-state index is 0.0558. The van der Waals surface area contributed by atoms with Gasteiger partial charge in [-0.2, -0.15) is 0 Å². The summed E-state index contributed by atoms with van der Waals surface area (Å²) in [6.07, 6.45) is 7.29. The number of phenols is 1. The molecule has 222 valence electrons. The van der Waals surface area contributed by atoms with Gasteiger partial charge in [-0.05, 0) is 36.6 Å². The second kappa shape index (κ2) is 17.4. The zero-order valence-corrected chi connectivity index (χ0v) is 23.1. The molecule has 0 fully saturated rings. The van der Waals surface area contributed by atoms with Crippen molar-refractivity contribution in [3.05, 3.63) is 77.6 Å². The predicted octanol–water partition coefficient (Wildman–Crippen LogP) is 2.20. The summed E-state index contributed by atoms with van der Waals surface area (Å²) < 4.78 is 16.8. The third-order valence-corrected chi connectivity index (χ3v) is 5.73. The van der Waals surface area contributed by atoms with Crippen molar-refractivity contribution in [3.63, 3.8) is 0 Å². The molecule has 0 saturated heterocycles. The summed E-state index contributed by atoms with van der Waals surface area (Å²) in [6, 6.07) is 4.60. The zero-order valence-electron chi connectivity index (χ0n) is 23.1. The van der Waals surface area contributed by atoms with Crippen molar-refractivity contribution in [2.24, 2.45) is 5.16 Å². The van der Waals surface area contributed by atoms with Crippen LogP contribution in [0.1, 0.15) is 42.6 Å². The van der Waals surface area contributed by atoms with Crippen LogP contribution in [-0.4, -0.2) is 77.7 Å². The van der Waals surface area contributed by atoms with Crippen molar-refractivity contribution < 1.29 is 48.8 Å². The Kier molecular flexibility index (Phi) is 14.0. The number of nitrogens with one attached hydrogen (secondary N) is 1. The monoisotopic (exact) mass is 572 g/mol. The quantitative estimate of drug-likeness (QED) is 0.119. The molecule has 0 aliphatic carbocycles. The fraction of sp³-hybridized carbons (Fsp3) is 0.379. The van der Waals surface area contributed by atoms with Gasteiger partial charge in [0.2, 0.25) is 12.2 Å². The Labute approximate surface area is 238 Å². The number of benzene rings is 1. The van der Waals surface area contributed by atoms with Gasteiger partial charge in [0, 0.05) is 32.0 Å². The van der Waals surface area contributed by atoms with Gasteiger partial charge >= 0.3 is 11.9 Å². The third kappa shape index (κ3) is 11.8. The number of carbonyl (C=O) groups excluding carboxylic acids is 3. The summed E-state index contributed by atoms with van der Waals surface area (Å²) in [6.45, 7) is 2.38. The van der Waals surface area contributed by atoms with E-state index < -0.39 is 49.1 Å². The Balaban J connectivity index is 2.39. The van der Waals surface area contributed by atoms with Crippen LogP contribution in [0.3, 0.4) is 0 Å². The molecule has 0 aromatic heterocycles. The standard InChI is InChI=1S/C29H36N2O10/c1-19-11-12-21-7-4-9-25(35)28(21)29(37)41-22(8-5-15-30-26(36)10-6-16-31-38-3)17-27(39-20(2)33)40-23(18-32)13-14-24(19)34/h4-7,9-11,13-16,22-24,27,32,34-35H,8,12,17-18H2,1-3H3,(H,30,36)/b10-6-,14-13+,15-5+,19-11-,31-16+. The number of cyclic esters (lactones) is 1. The largest absolute Gasteiger partial charge is 0.507 e. The number of fused-ring (bicyclic) bond motifs is 1. The molecule has 41 heavy (non-hydrogen) atoms. The van der Waals surface area contributed by atoms with Crippen LogP contribution in [0.4, 0.5) is 0 Å². The summed E-state index contributed by atoms with van der Waals surface area (Å²) in [5.74, 6) is -2.25. The van der Waals surface area contributed by atoms with E-state index in [1.54, 1.807) is 25.1 Å². The number of aliphatic hydroxyl groups is 2. The van der Waals surface area contributed by atoms with Gasteiger partial charge in [-0.15, -0.1) is 0 Å². The molecule has 1 amide bonds. The average Bonchev–Trinajstić information content (AvgIpc) is 2.93. The van der Waals surface area contributed by atoms with Crippen LogP contribution in [-0.2, 0) is 35.1 Å². The van der Waals surface area contributed by atoms with Gasteiger partial charge in [0.1, 0.15) is 30.6 Å². The van der Waals surface area contributed by atoms with Crippen molar-refractivity contribution in [1.82, 2.24) is 5.32 Å². The number of aromatic hydroxyl groups is 1. The fourth-order valence-electron chi connectivity index (χ4n) is 3.68. The first kappa shape index (κ1) is 32.9. The lowest BCUT2D eigenvalue weighted by Crippen LogP contribution is -2.33. The van der Waals surface area contributed by atoms with E-state index in [1.807, 2.05) is 0 Å². The maximum absolute atomic E-state index is 13.3. The Morgan fingerprint density at radius 1 is 1.27 bits per heavy atom. The molecule has 12 heteroatoms. The summed E-state index contributed by atoms with van der Waals surface area (Å²) >= 11 is 0. The minimum atomic E-state index is -1.25. The van der Waals surface area contributed by atoms with Crippen LogP contribution in [0.15, 0.2) is 71.6 Å². The fourth-order valence-corrected chi connectivity index (χ4v) is 3.68. The smallest absolute Gasteiger partial charge is 0.342 e. The second-order valence-corrected chi connectivity index (χ2v) is 8.90. The van der Waals surface area contributed by atoms with Crippen molar-refractivity contribution in [1.29, 1.82) is 0 Å². The topological polar surface area (TPSA) is 173 Å². The van der Waals surface area contributed by atoms with Gasteiger partial charge < -0.3 is 39.7 Å². The molecule has 1 aromatic rings. The highest BCUT2D eigenvalue weighted by molar-refractivity contribution is 5.94. The number of allylic oxidation sites excluding steroid dienone is 2. The van der Waals surface area contributed by atoms with E-state index in [2.05, 4.69) is 15.3 Å². The van der Waals surface area contributed by atoms with E-state index in [9.17, 15) is 29.7 Å². The van der Waals surface area contributed by atoms with Gasteiger partial charge in [0.05, 0.1) is 18.9 Å². The predicted molar refractivity (Wildman–Crippen MR) is 149 cm³/mol. The lowest BCUT2D eigenvalue weighted by atomic mass is 10.0. The number of aliphatic hydroxyl groups excluding tert-OH is 2. The van der Waals surface area contributed by atoms with E-state index in [1.165, 1.54) is 62.9 Å². The number of hydrogen-bond acceptors (Lipinski definition) is 11. The Morgan fingerprint density at radius 2 is 2.05 bits per heavy atom. The van der Waals surface area contributed by atoms with Crippen molar-refractivity contribution in [2.45, 2.75) is 57.7 Å². The number of phenolic OH excluding ortho intramolecular Hbond substituents is 1. The molecule has 0 radical (unpaired) electrons. The molecular formula is C29H36N2O10. The summed E-state index contributed by atoms with van der Waals surface area (Å²) in [5, 5.41) is 36.8. The molecular weight excluding hydrogens is 536 g/mol. The Hall–Kier alpha value is -4.26. The van der Waals surface area contributed by atoms with Crippen LogP contribution in [0.2, 0.25) is 0 Å². The minimum Gasteiger partial charge on any atom is -0.507 e. The van der Waals surface area contributed by atoms with Crippen LogP contribution in [0.5, 0.6) is 5.75 Å². The molecule has 12 nitrogen and oxygen atoms in total. The van der Waals surface area contributed by atoms with E-state index in [0.29, 0.717) is 11.1 Å². The van der Waals surface area contributed by atoms with Gasteiger partial charge in [0.15, 0.2) is 0 Å². The molecule has 0 spiro atoms. The SMILES string of the molecule is CO/N=C/C=C\C(=O)N/C=C/CC1CC(OC(C)=O)OC(CO)/C=C/C(O)/C(C)=C\Cc2cccc(O)c2C(=O)O1. The van der Waals surface area contributed by atoms with Crippen LogP contribution >= 0.6 is 0 Å². The highest BCUT2D eigenvalue weighted by atomic mass is 16.7. The number of amides is 1. The lowest BCUT2D eigenvalue weighted by Gasteiger charge is -2.26. The lowest BCUT2D eigenvalue weighted by molar-refractivity contribution is -0.192. The highest BCUT2D eigenvalue weighted by Gasteiger charge is 2.27. The normalized spacial score (nSPS) is 24.5. The van der Waals surface area contributed by atoms with Gasteiger partial charge in [-0.3, -0.25) is 9.59 Å². The van der Waals surface area contributed by atoms with Crippen molar-refractivity contribution in [3.8, 4) is 5.75 Å². The molecule has 2 rings (SSSR count). The molecule has 0 bridgehead atoms. The van der Waals surface area contributed by atoms with Gasteiger partial charge in [0.25, 0.3) is 0 Å². The second-order valence-electron chi connectivity index (χ2n) is 8.90. The first-order valence-corrected chi connectivity index (χ1v) is 12.8. The number of oxime groups is 1. The molecule has 0 saturated carbocycles. The number of carbonyl (C=O) groups is 3. The van der Waals surface area contributed by atoms with E-state index in [4.69, 9.17) is 14.2 Å². The highest BCUT2D eigenvalue weighted by Crippen LogP contribution is 2.26. The van der Waals surface area contributed by atoms with E-state index in [-0.39, 0.29) is 30.6 Å². The van der Waals surface area contributed by atoms with Crippen molar-refractivity contribution >= 4 is 24.1 Å². The molecule has 4 unspecified atom stereocenters. The first-order chi connectivity index (χ1) is 19.6. The Morgan fingerprint density at radius 3 is 2.76 bits per heavy atom. The number of ether oxygens (including phenoxy) is 3. The van der Waals surface area contributed by atoms with Crippen LogP contribution in [0, 0.1) is 0 Å². The average molecular weight is 573 g/mol. The molecule has 1 heterocycles. The number of hydrogen-bond donors (Lipinski definition) is 4. The maximum atomic E-state index is 13.3. The summed E-state index contributed by atoms with van der Waals surface area (Å²) in [4.78, 5) is 41.5. The Bertz CT molecular complexity index is 1190. The van der Waals surface area contributed by atoms with E-state index >= 15 is 0 Å². The summed E-state index contributed by atoms with van der Waals surface area (Å²) in [5.41, 5.74) is 0.962. The molecule has 1 aromatic carbocycles. The van der Waals surface area contributed by atoms with E-state index in [0.717, 1.165) is 0 Å².